The molecule has 1 fully saturated rings. The summed E-state index contributed by atoms with van der Waals surface area (Å²) in [5.74, 6) is -0.600. The zero-order chi connectivity index (χ0) is 17.2. The van der Waals surface area contributed by atoms with Gasteiger partial charge < -0.3 is 14.7 Å². The molecule has 0 aromatic heterocycles. The maximum atomic E-state index is 12.4. The van der Waals surface area contributed by atoms with Crippen molar-refractivity contribution >= 4 is 11.9 Å². The number of carbonyl (C=O) groups excluding carboxylic acids is 1. The zero-order valence-electron chi connectivity index (χ0n) is 14.2. The molecule has 1 aromatic rings. The quantitative estimate of drug-likeness (QED) is 0.926. The number of amides is 1. The molecule has 0 aliphatic carbocycles. The molecule has 1 amide bonds. The van der Waals surface area contributed by atoms with Crippen LogP contribution in [-0.2, 0) is 15.0 Å². The minimum absolute atomic E-state index is 0.0597. The second-order valence-corrected chi connectivity index (χ2v) is 7.06. The molecule has 0 saturated carbocycles. The van der Waals surface area contributed by atoms with Gasteiger partial charge in [0.15, 0.2) is 6.10 Å². The fourth-order valence-corrected chi connectivity index (χ4v) is 2.81. The first-order chi connectivity index (χ1) is 10.7. The molecular formula is C18H25NO4. The van der Waals surface area contributed by atoms with Crippen LogP contribution < -0.4 is 4.74 Å². The van der Waals surface area contributed by atoms with Gasteiger partial charge in [0.25, 0.3) is 5.91 Å². The van der Waals surface area contributed by atoms with Crippen molar-refractivity contribution < 1.29 is 19.4 Å². The van der Waals surface area contributed by atoms with Gasteiger partial charge in [-0.1, -0.05) is 32.9 Å². The predicted molar refractivity (Wildman–Crippen MR) is 87.6 cm³/mol. The molecule has 1 aliphatic heterocycles. The molecule has 23 heavy (non-hydrogen) atoms. The van der Waals surface area contributed by atoms with Crippen LogP contribution in [0.15, 0.2) is 24.3 Å². The second kappa shape index (κ2) is 6.60. The summed E-state index contributed by atoms with van der Waals surface area (Å²) in [7, 11) is 0. The third-order valence-electron chi connectivity index (χ3n) is 4.20. The van der Waals surface area contributed by atoms with Gasteiger partial charge in [0.1, 0.15) is 11.8 Å². The van der Waals surface area contributed by atoms with Gasteiger partial charge in [-0.05, 0) is 42.9 Å². The number of hydrogen-bond acceptors (Lipinski definition) is 3. The van der Waals surface area contributed by atoms with Crippen LogP contribution in [0.2, 0.25) is 0 Å². The highest BCUT2D eigenvalue weighted by atomic mass is 16.5. The largest absolute Gasteiger partial charge is 0.481 e. The van der Waals surface area contributed by atoms with Crippen LogP contribution in [0.4, 0.5) is 0 Å². The van der Waals surface area contributed by atoms with Gasteiger partial charge in [0, 0.05) is 6.54 Å². The molecule has 1 aromatic carbocycles. The van der Waals surface area contributed by atoms with E-state index < -0.39 is 18.1 Å². The number of carboxylic acid groups (broad SMARTS) is 1. The summed E-state index contributed by atoms with van der Waals surface area (Å²) in [6.07, 6.45) is 0.527. The first kappa shape index (κ1) is 17.3. The molecule has 0 radical (unpaired) electrons. The van der Waals surface area contributed by atoms with Crippen LogP contribution >= 0.6 is 0 Å². The molecule has 0 spiro atoms. The highest BCUT2D eigenvalue weighted by Gasteiger charge is 2.36. The number of hydrogen-bond donors (Lipinski definition) is 1. The van der Waals surface area contributed by atoms with E-state index in [0.717, 1.165) is 6.42 Å². The van der Waals surface area contributed by atoms with Gasteiger partial charge in [-0.3, -0.25) is 4.79 Å². The van der Waals surface area contributed by atoms with Gasteiger partial charge in [-0.2, -0.15) is 0 Å². The number of nitrogens with zero attached hydrogens (tertiary/aromatic N) is 1. The van der Waals surface area contributed by atoms with Crippen LogP contribution in [0.5, 0.6) is 5.75 Å². The highest BCUT2D eigenvalue weighted by Crippen LogP contribution is 2.25. The van der Waals surface area contributed by atoms with Crippen molar-refractivity contribution in [1.82, 2.24) is 4.90 Å². The van der Waals surface area contributed by atoms with E-state index in [4.69, 9.17) is 4.74 Å². The Morgan fingerprint density at radius 3 is 2.39 bits per heavy atom. The summed E-state index contributed by atoms with van der Waals surface area (Å²) in [6.45, 7) is 8.54. The molecule has 0 bridgehead atoms. The number of carbonyl (C=O) groups is 2. The highest BCUT2D eigenvalue weighted by molar-refractivity contribution is 5.87. The Kier molecular flexibility index (Phi) is 4.97. The number of rotatable bonds is 4. The molecule has 1 aliphatic rings. The van der Waals surface area contributed by atoms with E-state index in [-0.39, 0.29) is 11.3 Å². The smallest absolute Gasteiger partial charge is 0.326 e. The normalized spacial score (nSPS) is 19.5. The fourth-order valence-electron chi connectivity index (χ4n) is 2.81. The van der Waals surface area contributed by atoms with Crippen LogP contribution in [0.3, 0.4) is 0 Å². The van der Waals surface area contributed by atoms with Crippen LogP contribution in [0, 0.1) is 0 Å². The van der Waals surface area contributed by atoms with E-state index in [2.05, 4.69) is 20.8 Å². The molecule has 126 valence electrons. The lowest BCUT2D eigenvalue weighted by Crippen LogP contribution is -2.46. The molecular weight excluding hydrogens is 294 g/mol. The third kappa shape index (κ3) is 4.03. The molecule has 2 unspecified atom stereocenters. The van der Waals surface area contributed by atoms with Gasteiger partial charge >= 0.3 is 5.97 Å². The summed E-state index contributed by atoms with van der Waals surface area (Å²) in [5, 5.41) is 9.18. The second-order valence-electron chi connectivity index (χ2n) is 7.06. The predicted octanol–water partition coefficient (Wildman–Crippen LogP) is 2.83. The molecule has 1 saturated heterocycles. The fraction of sp³-hybridized carbons (Fsp3) is 0.556. The van der Waals surface area contributed by atoms with E-state index in [1.165, 1.54) is 10.5 Å². The monoisotopic (exact) mass is 319 g/mol. The molecule has 1 N–H and O–H groups in total. The summed E-state index contributed by atoms with van der Waals surface area (Å²) in [4.78, 5) is 25.0. The van der Waals surface area contributed by atoms with Gasteiger partial charge in [0.05, 0.1) is 0 Å². The lowest BCUT2D eigenvalue weighted by atomic mass is 9.87. The number of carboxylic acids is 1. The average Bonchev–Trinajstić information content (AvgIpc) is 2.95. The maximum Gasteiger partial charge on any atom is 0.326 e. The molecule has 5 nitrogen and oxygen atoms in total. The van der Waals surface area contributed by atoms with Crippen molar-refractivity contribution in [1.29, 1.82) is 0 Å². The number of ether oxygens (including phenoxy) is 1. The topological polar surface area (TPSA) is 66.8 Å². The van der Waals surface area contributed by atoms with Crippen molar-refractivity contribution in [3.05, 3.63) is 29.8 Å². The summed E-state index contributed by atoms with van der Waals surface area (Å²) >= 11 is 0. The van der Waals surface area contributed by atoms with Crippen molar-refractivity contribution in [2.75, 3.05) is 6.54 Å². The molecule has 1 heterocycles. The van der Waals surface area contributed by atoms with Crippen molar-refractivity contribution in [3.8, 4) is 5.75 Å². The van der Waals surface area contributed by atoms with Crippen LogP contribution in [0.25, 0.3) is 0 Å². The molecule has 5 heteroatoms. The minimum Gasteiger partial charge on any atom is -0.481 e. The SMILES string of the molecule is CC(Oc1ccc(C(C)(C)C)cc1)C(=O)N1CCCC1C(=O)O. The Bertz CT molecular complexity index is 574. The third-order valence-corrected chi connectivity index (χ3v) is 4.20. The van der Waals surface area contributed by atoms with E-state index in [1.807, 2.05) is 24.3 Å². The average molecular weight is 319 g/mol. The Labute approximate surface area is 137 Å². The molecule has 2 atom stereocenters. The van der Waals surface area contributed by atoms with Crippen molar-refractivity contribution in [2.24, 2.45) is 0 Å². The Morgan fingerprint density at radius 2 is 1.87 bits per heavy atom. The zero-order valence-corrected chi connectivity index (χ0v) is 14.2. The number of likely N-dealkylation sites (tertiary alicyclic amines) is 1. The molecule has 2 rings (SSSR count). The standard InChI is InChI=1S/C18H25NO4/c1-12(16(20)19-11-5-6-15(19)17(21)22)23-14-9-7-13(8-10-14)18(2,3)4/h7-10,12,15H,5-6,11H2,1-4H3,(H,21,22). The van der Waals surface area contributed by atoms with Gasteiger partial charge in [0.2, 0.25) is 0 Å². The van der Waals surface area contributed by atoms with Crippen LogP contribution in [-0.4, -0.2) is 40.6 Å². The summed E-state index contributed by atoms with van der Waals surface area (Å²) in [5.41, 5.74) is 1.25. The number of benzene rings is 1. The Balaban J connectivity index is 2.02. The van der Waals surface area contributed by atoms with Crippen LogP contribution in [0.1, 0.15) is 46.1 Å². The Hall–Kier alpha value is -2.04. The van der Waals surface area contributed by atoms with E-state index in [9.17, 15) is 14.7 Å². The van der Waals surface area contributed by atoms with E-state index in [0.29, 0.717) is 18.7 Å². The van der Waals surface area contributed by atoms with Gasteiger partial charge in [-0.15, -0.1) is 0 Å². The Morgan fingerprint density at radius 1 is 1.26 bits per heavy atom. The number of aliphatic carboxylic acids is 1. The minimum atomic E-state index is -0.947. The van der Waals surface area contributed by atoms with Gasteiger partial charge in [-0.25, -0.2) is 4.79 Å². The first-order valence-corrected chi connectivity index (χ1v) is 8.00. The van der Waals surface area contributed by atoms with Crippen molar-refractivity contribution in [2.45, 2.75) is 58.1 Å². The van der Waals surface area contributed by atoms with E-state index >= 15 is 0 Å². The maximum absolute atomic E-state index is 12.4. The lowest BCUT2D eigenvalue weighted by Gasteiger charge is -2.25. The summed E-state index contributed by atoms with van der Waals surface area (Å²) in [6, 6.07) is 6.95. The van der Waals surface area contributed by atoms with E-state index in [1.54, 1.807) is 6.92 Å². The first-order valence-electron chi connectivity index (χ1n) is 8.00. The summed E-state index contributed by atoms with van der Waals surface area (Å²) < 4.78 is 5.70. The van der Waals surface area contributed by atoms with Crippen molar-refractivity contribution in [3.63, 3.8) is 0 Å². The lowest BCUT2D eigenvalue weighted by molar-refractivity contribution is -0.150.